The first-order valence-electron chi connectivity index (χ1n) is 9.71. The number of carbonyl (C=O) groups is 3. The lowest BCUT2D eigenvalue weighted by Gasteiger charge is -2.12. The Bertz CT molecular complexity index is 341. The number of ether oxygens (including phenoxy) is 2. The Hall–Kier alpha value is -2.69. The molecule has 0 aliphatic carbocycles. The van der Waals surface area contributed by atoms with Crippen molar-refractivity contribution in [3.63, 3.8) is 0 Å². The fourth-order valence-corrected chi connectivity index (χ4v) is 0.883. The molecule has 10 heteroatoms. The topological polar surface area (TPSA) is 174 Å². The number of carbonyl (C=O) groups excluding carboxylic acids is 3. The van der Waals surface area contributed by atoms with Gasteiger partial charge in [-0.25, -0.2) is 0 Å². The van der Waals surface area contributed by atoms with E-state index in [0.29, 0.717) is 19.5 Å². The van der Waals surface area contributed by atoms with Gasteiger partial charge < -0.3 is 42.0 Å². The number of hydrogen-bond donors (Lipinski definition) is 4. The van der Waals surface area contributed by atoms with Crippen LogP contribution in [0.5, 0.6) is 0 Å². The molecule has 0 fully saturated rings. The first kappa shape index (κ1) is 52.3. The van der Waals surface area contributed by atoms with Gasteiger partial charge in [-0.05, 0) is 72.4 Å². The Kier molecular flexibility index (Phi) is 159. The molecule has 198 valence electrons. The lowest BCUT2D eigenvalue weighted by atomic mass is 10.7. The van der Waals surface area contributed by atoms with E-state index in [1.54, 1.807) is 12.2 Å². The summed E-state index contributed by atoms with van der Waals surface area (Å²) in [5.74, 6) is 0. The first-order chi connectivity index (χ1) is 15.7. The van der Waals surface area contributed by atoms with Crippen molar-refractivity contribution in [2.24, 2.45) is 22.9 Å². The second-order valence-electron chi connectivity index (χ2n) is 3.86. The van der Waals surface area contributed by atoms with Gasteiger partial charge in [-0.3, -0.25) is 4.79 Å². The van der Waals surface area contributed by atoms with Crippen molar-refractivity contribution in [1.82, 2.24) is 0 Å². The van der Waals surface area contributed by atoms with E-state index < -0.39 is 0 Å². The largest absolute Gasteiger partial charge is 0.405 e. The molecule has 0 aromatic carbocycles. The maximum Gasteiger partial charge on any atom is 0.167 e. The van der Waals surface area contributed by atoms with Gasteiger partial charge in [0.15, 0.2) is 6.29 Å². The van der Waals surface area contributed by atoms with Gasteiger partial charge in [-0.2, -0.15) is 0 Å². The predicted octanol–water partition coefficient (Wildman–Crippen LogP) is 3.70. The lowest BCUT2D eigenvalue weighted by molar-refractivity contribution is -0.119. The average molecular weight is 542 g/mol. The summed E-state index contributed by atoms with van der Waals surface area (Å²) in [6.45, 7) is 21.3. The Morgan fingerprint density at radius 3 is 1.00 bits per heavy atom. The number of aldehydes is 3. The van der Waals surface area contributed by atoms with Crippen LogP contribution in [0.2, 0.25) is 0 Å². The zero-order chi connectivity index (χ0) is 28.2. The molecule has 0 saturated heterocycles. The van der Waals surface area contributed by atoms with Crippen molar-refractivity contribution in [1.29, 1.82) is 0 Å². The van der Waals surface area contributed by atoms with Crippen LogP contribution in [0.25, 0.3) is 0 Å². The number of alkyl halides is 1. The van der Waals surface area contributed by atoms with Gasteiger partial charge >= 0.3 is 0 Å². The summed E-state index contributed by atoms with van der Waals surface area (Å²) in [7, 11) is 0. The molecular weight excluding hydrogens is 492 g/mol. The molecule has 9 nitrogen and oxygen atoms in total. The van der Waals surface area contributed by atoms with Crippen LogP contribution >= 0.6 is 15.9 Å². The van der Waals surface area contributed by atoms with Gasteiger partial charge in [0.05, 0.1) is 5.33 Å². The van der Waals surface area contributed by atoms with E-state index in [1.165, 1.54) is 44.7 Å². The second kappa shape index (κ2) is 100. The van der Waals surface area contributed by atoms with Crippen LogP contribution in [0, 0.1) is 0 Å². The third kappa shape index (κ3) is 317. The molecule has 0 atom stereocenters. The molecule has 0 aromatic heterocycles. The van der Waals surface area contributed by atoms with E-state index in [4.69, 9.17) is 35.3 Å². The molecule has 0 bridgehead atoms. The second-order valence-corrected chi connectivity index (χ2v) is 4.51. The Morgan fingerprint density at radius 2 is 0.939 bits per heavy atom. The normalized spacial score (nSPS) is 7.27. The summed E-state index contributed by atoms with van der Waals surface area (Å²) in [6, 6.07) is 0. The van der Waals surface area contributed by atoms with E-state index in [2.05, 4.69) is 47.1 Å². The summed E-state index contributed by atoms with van der Waals surface area (Å²) in [5.41, 5.74) is 18.9. The van der Waals surface area contributed by atoms with E-state index in [-0.39, 0.29) is 6.29 Å². The lowest BCUT2D eigenvalue weighted by Crippen LogP contribution is -2.18. The molecular formula is C23H49BrN4O5. The molecule has 0 unspecified atom stereocenters. The molecule has 0 amide bonds. The van der Waals surface area contributed by atoms with Crippen molar-refractivity contribution in [3.8, 4) is 0 Å². The molecule has 33 heavy (non-hydrogen) atoms. The maximum atomic E-state index is 9.06. The monoisotopic (exact) mass is 540 g/mol. The standard InChI is InChI=1S/C6H13BrO2.2C3H7N.C3H4O.2C2H5N.2C2H4O/c1-3-8-6(5-7)9-4-2;3*1-2-3-4;4*1-2-3/h6H,3-5H2,1-2H3;2*2-3H,4H2,1H3;2-3H,1H2;2*2H,1,3H2;2*2H,1H3/b;2*3-2+;;;;;. The van der Waals surface area contributed by atoms with Gasteiger partial charge in [-0.1, -0.05) is 47.8 Å². The van der Waals surface area contributed by atoms with Crippen molar-refractivity contribution >= 4 is 34.8 Å². The van der Waals surface area contributed by atoms with E-state index in [0.717, 1.165) is 17.9 Å². The fourth-order valence-electron chi connectivity index (χ4n) is 0.509. The first-order valence-corrected chi connectivity index (χ1v) is 10.8. The fraction of sp³-hybridized carbons (Fsp3) is 0.435. The van der Waals surface area contributed by atoms with Crippen LogP contribution in [0.1, 0.15) is 41.5 Å². The van der Waals surface area contributed by atoms with E-state index in [1.807, 2.05) is 27.7 Å². The summed E-state index contributed by atoms with van der Waals surface area (Å²) in [5, 5.41) is 0.745. The highest BCUT2D eigenvalue weighted by Crippen LogP contribution is 1.98. The molecule has 0 heterocycles. The summed E-state index contributed by atoms with van der Waals surface area (Å²) in [6.07, 6.45) is 12.3. The minimum Gasteiger partial charge on any atom is -0.405 e. The Morgan fingerprint density at radius 1 is 0.758 bits per heavy atom. The quantitative estimate of drug-likeness (QED) is 0.169. The third-order valence-electron chi connectivity index (χ3n) is 1.31. The van der Waals surface area contributed by atoms with Gasteiger partial charge in [0.2, 0.25) is 0 Å². The molecule has 0 aromatic rings. The smallest absolute Gasteiger partial charge is 0.167 e. The number of allylic oxidation sites excluding steroid dienone is 3. The average Bonchev–Trinajstić information content (AvgIpc) is 2.81. The maximum absolute atomic E-state index is 9.06. The molecule has 0 aliphatic rings. The van der Waals surface area contributed by atoms with Gasteiger partial charge in [0, 0.05) is 13.2 Å². The molecule has 8 N–H and O–H groups in total. The molecule has 0 radical (unpaired) electrons. The van der Waals surface area contributed by atoms with Gasteiger partial charge in [-0.15, -0.1) is 0 Å². The van der Waals surface area contributed by atoms with Gasteiger partial charge in [0.1, 0.15) is 18.9 Å². The van der Waals surface area contributed by atoms with Crippen LogP contribution in [0.4, 0.5) is 0 Å². The number of halogens is 1. The van der Waals surface area contributed by atoms with Crippen LogP contribution in [0.15, 0.2) is 62.8 Å². The third-order valence-corrected chi connectivity index (χ3v) is 1.84. The molecule has 0 spiro atoms. The summed E-state index contributed by atoms with van der Waals surface area (Å²) < 4.78 is 10.3. The summed E-state index contributed by atoms with van der Waals surface area (Å²) >= 11 is 3.27. The summed E-state index contributed by atoms with van der Waals surface area (Å²) in [4.78, 5) is 26.7. The highest BCUT2D eigenvalue weighted by molar-refractivity contribution is 9.09. The van der Waals surface area contributed by atoms with Crippen molar-refractivity contribution in [3.05, 3.63) is 62.8 Å². The number of hydrogen-bond acceptors (Lipinski definition) is 9. The Balaban J connectivity index is -0.0000000379. The minimum absolute atomic E-state index is 0.0694. The zero-order valence-electron chi connectivity index (χ0n) is 21.3. The van der Waals surface area contributed by atoms with Crippen LogP contribution < -0.4 is 22.9 Å². The van der Waals surface area contributed by atoms with E-state index >= 15 is 0 Å². The molecule has 0 aliphatic heterocycles. The number of rotatable bonds is 6. The Labute approximate surface area is 210 Å². The zero-order valence-corrected chi connectivity index (χ0v) is 22.9. The van der Waals surface area contributed by atoms with Crippen LogP contribution in [-0.2, 0) is 23.9 Å². The van der Waals surface area contributed by atoms with Crippen LogP contribution in [0.3, 0.4) is 0 Å². The highest BCUT2D eigenvalue weighted by Gasteiger charge is 2.02. The SMILES string of the molecule is C/C=C/N.C/C=C/N.C=CC=O.C=CN.C=CN.CC=O.CC=O.CCOC(CBr)OCC. The van der Waals surface area contributed by atoms with E-state index in [9.17, 15) is 0 Å². The highest BCUT2D eigenvalue weighted by atomic mass is 79.9. The predicted molar refractivity (Wildman–Crippen MR) is 147 cm³/mol. The molecule has 0 rings (SSSR count). The van der Waals surface area contributed by atoms with Crippen LogP contribution in [-0.4, -0.2) is 43.7 Å². The van der Waals surface area contributed by atoms with Crippen molar-refractivity contribution in [2.75, 3.05) is 18.5 Å². The van der Waals surface area contributed by atoms with Crippen molar-refractivity contribution < 1.29 is 23.9 Å². The molecule has 0 saturated carbocycles. The number of nitrogens with two attached hydrogens (primary N) is 4. The van der Waals surface area contributed by atoms with Gasteiger partial charge in [0.25, 0.3) is 0 Å². The van der Waals surface area contributed by atoms with Crippen molar-refractivity contribution in [2.45, 2.75) is 47.8 Å². The minimum atomic E-state index is -0.0694.